The van der Waals surface area contributed by atoms with Gasteiger partial charge >= 0.3 is 0 Å². The molecule has 0 aliphatic heterocycles. The van der Waals surface area contributed by atoms with E-state index in [2.05, 4.69) is 4.98 Å². The van der Waals surface area contributed by atoms with Gasteiger partial charge in [0.15, 0.2) is 0 Å². The fourth-order valence-corrected chi connectivity index (χ4v) is 1.96. The molecule has 1 aromatic carbocycles. The molecule has 0 atom stereocenters. The number of benzene rings is 1. The highest BCUT2D eigenvalue weighted by atomic mass is 35.5. The van der Waals surface area contributed by atoms with Gasteiger partial charge in [0.25, 0.3) is 0 Å². The Bertz CT molecular complexity index is 623. The van der Waals surface area contributed by atoms with E-state index in [9.17, 15) is 4.79 Å². The Morgan fingerprint density at radius 2 is 1.94 bits per heavy atom. The lowest BCUT2D eigenvalue weighted by Gasteiger charge is -1.99. The van der Waals surface area contributed by atoms with Crippen molar-refractivity contribution in [1.29, 1.82) is 5.26 Å². The number of hydrogen-bond donors (Lipinski definition) is 1. The van der Waals surface area contributed by atoms with Crippen molar-refractivity contribution in [1.82, 2.24) is 4.98 Å². The molecule has 0 unspecified atom stereocenters. The monoisotopic (exact) mass is 278 g/mol. The number of carbonyl (C=O) groups excluding carboxylic acids is 1. The molecule has 90 valence electrons. The minimum atomic E-state index is -0.221. The number of aromatic amines is 1. The second kappa shape index (κ2) is 5.26. The van der Waals surface area contributed by atoms with Gasteiger partial charge in [0.05, 0.1) is 17.5 Å². The van der Waals surface area contributed by atoms with Gasteiger partial charge in [0.2, 0.25) is 5.78 Å². The van der Waals surface area contributed by atoms with Crippen molar-refractivity contribution in [3.63, 3.8) is 0 Å². The summed E-state index contributed by atoms with van der Waals surface area (Å²) in [6.07, 6.45) is 0.188. The van der Waals surface area contributed by atoms with Gasteiger partial charge in [-0.15, -0.1) is 0 Å². The zero-order valence-electron chi connectivity index (χ0n) is 9.21. The van der Waals surface area contributed by atoms with Crippen molar-refractivity contribution in [3.8, 4) is 6.07 Å². The summed E-state index contributed by atoms with van der Waals surface area (Å²) in [4.78, 5) is 15.0. The first-order valence-electron chi connectivity index (χ1n) is 5.16. The molecule has 0 bridgehead atoms. The van der Waals surface area contributed by atoms with Crippen molar-refractivity contribution in [2.75, 3.05) is 0 Å². The Labute approximate surface area is 114 Å². The van der Waals surface area contributed by atoms with E-state index < -0.39 is 0 Å². The number of carbonyl (C=O) groups is 1. The molecule has 5 heteroatoms. The predicted octanol–water partition coefficient (Wildman–Crippen LogP) is 3.62. The molecule has 0 saturated heterocycles. The molecule has 3 nitrogen and oxygen atoms in total. The maximum atomic E-state index is 12.2. The summed E-state index contributed by atoms with van der Waals surface area (Å²) in [5, 5.41) is 9.48. The molecular weight excluding hydrogens is 271 g/mol. The first kappa shape index (κ1) is 12.7. The zero-order chi connectivity index (χ0) is 13.1. The van der Waals surface area contributed by atoms with Crippen LogP contribution in [0, 0.1) is 11.3 Å². The van der Waals surface area contributed by atoms with Gasteiger partial charge in [0, 0.05) is 16.3 Å². The zero-order valence-corrected chi connectivity index (χ0v) is 10.7. The van der Waals surface area contributed by atoms with E-state index in [1.807, 2.05) is 6.07 Å². The van der Waals surface area contributed by atoms with Crippen LogP contribution in [0.15, 0.2) is 30.3 Å². The fourth-order valence-electron chi connectivity index (χ4n) is 1.57. The Kier molecular flexibility index (Phi) is 3.71. The van der Waals surface area contributed by atoms with Crippen LogP contribution in [0.3, 0.4) is 0 Å². The van der Waals surface area contributed by atoms with Crippen molar-refractivity contribution in [3.05, 3.63) is 57.3 Å². The number of rotatable bonds is 3. The molecule has 1 heterocycles. The summed E-state index contributed by atoms with van der Waals surface area (Å²) in [7, 11) is 0. The van der Waals surface area contributed by atoms with Crippen LogP contribution >= 0.6 is 23.2 Å². The van der Waals surface area contributed by atoms with Crippen LogP contribution in [-0.4, -0.2) is 10.8 Å². The minimum absolute atomic E-state index is 0.188. The molecule has 0 aliphatic rings. The van der Waals surface area contributed by atoms with Crippen molar-refractivity contribution in [2.45, 2.75) is 6.42 Å². The Morgan fingerprint density at radius 1 is 1.28 bits per heavy atom. The third kappa shape index (κ3) is 2.56. The molecule has 0 amide bonds. The summed E-state index contributed by atoms with van der Waals surface area (Å²) in [5.41, 5.74) is 1.41. The Hall–Kier alpha value is -1.76. The molecule has 2 rings (SSSR count). The number of hydrogen-bond acceptors (Lipinski definition) is 2. The first-order chi connectivity index (χ1) is 8.61. The molecule has 0 radical (unpaired) electrons. The SMILES string of the molecule is N#CCc1cc(Cl)c(C(=O)c2ccc(Cl)cc2)[nH]1. The lowest BCUT2D eigenvalue weighted by Crippen LogP contribution is -2.02. The summed E-state index contributed by atoms with van der Waals surface area (Å²) in [6.45, 7) is 0. The smallest absolute Gasteiger partial charge is 0.210 e. The van der Waals surface area contributed by atoms with Gasteiger partial charge in [-0.3, -0.25) is 4.79 Å². The second-order valence-corrected chi connectivity index (χ2v) is 4.53. The molecular formula is C13H8Cl2N2O. The van der Waals surface area contributed by atoms with Crippen molar-refractivity contribution in [2.24, 2.45) is 0 Å². The van der Waals surface area contributed by atoms with Crippen LogP contribution in [0.1, 0.15) is 21.7 Å². The molecule has 0 saturated carbocycles. The van der Waals surface area contributed by atoms with Crippen molar-refractivity contribution >= 4 is 29.0 Å². The molecule has 2 aromatic rings. The first-order valence-corrected chi connectivity index (χ1v) is 5.92. The van der Waals surface area contributed by atoms with Gasteiger partial charge in [-0.05, 0) is 30.3 Å². The predicted molar refractivity (Wildman–Crippen MR) is 70.0 cm³/mol. The number of nitrogens with zero attached hydrogens (tertiary/aromatic N) is 1. The quantitative estimate of drug-likeness (QED) is 0.872. The highest BCUT2D eigenvalue weighted by Crippen LogP contribution is 2.21. The van der Waals surface area contributed by atoms with Crippen LogP contribution in [0.5, 0.6) is 0 Å². The third-order valence-electron chi connectivity index (χ3n) is 2.43. The summed E-state index contributed by atoms with van der Waals surface area (Å²) in [5.74, 6) is -0.221. The van der Waals surface area contributed by atoms with Gasteiger partial charge in [-0.25, -0.2) is 0 Å². The van der Waals surface area contributed by atoms with E-state index >= 15 is 0 Å². The van der Waals surface area contributed by atoms with E-state index in [1.54, 1.807) is 30.3 Å². The van der Waals surface area contributed by atoms with Gasteiger partial charge < -0.3 is 4.98 Å². The molecule has 0 fully saturated rings. The van der Waals surface area contributed by atoms with E-state index in [0.717, 1.165) is 0 Å². The minimum Gasteiger partial charge on any atom is -0.354 e. The average molecular weight is 279 g/mol. The van der Waals surface area contributed by atoms with Crippen molar-refractivity contribution < 1.29 is 4.79 Å². The average Bonchev–Trinajstić information content (AvgIpc) is 2.71. The van der Waals surface area contributed by atoms with E-state index in [4.69, 9.17) is 28.5 Å². The largest absolute Gasteiger partial charge is 0.354 e. The topological polar surface area (TPSA) is 56.6 Å². The highest BCUT2D eigenvalue weighted by Gasteiger charge is 2.16. The number of aromatic nitrogens is 1. The standard InChI is InChI=1S/C13H8Cl2N2O/c14-9-3-1-8(2-4-9)13(18)12-11(15)7-10(17-12)5-6-16/h1-4,7,17H,5H2. The normalized spacial score (nSPS) is 10.1. The number of H-pyrrole nitrogens is 1. The lowest BCUT2D eigenvalue weighted by molar-refractivity contribution is 0.103. The highest BCUT2D eigenvalue weighted by molar-refractivity contribution is 6.35. The molecule has 1 N–H and O–H groups in total. The van der Waals surface area contributed by atoms with Gasteiger partial charge in [-0.2, -0.15) is 5.26 Å². The van der Waals surface area contributed by atoms with Crippen LogP contribution in [-0.2, 0) is 6.42 Å². The number of nitriles is 1. The molecule has 1 aromatic heterocycles. The lowest BCUT2D eigenvalue weighted by atomic mass is 10.1. The van der Waals surface area contributed by atoms with E-state index in [0.29, 0.717) is 27.0 Å². The molecule has 18 heavy (non-hydrogen) atoms. The Morgan fingerprint density at radius 3 is 2.56 bits per heavy atom. The van der Waals surface area contributed by atoms with Crippen LogP contribution in [0.2, 0.25) is 10.0 Å². The molecule has 0 aliphatic carbocycles. The maximum absolute atomic E-state index is 12.2. The van der Waals surface area contributed by atoms with Gasteiger partial charge in [-0.1, -0.05) is 23.2 Å². The van der Waals surface area contributed by atoms with Crippen LogP contribution in [0.25, 0.3) is 0 Å². The number of halogens is 2. The fraction of sp³-hybridized carbons (Fsp3) is 0.0769. The Balaban J connectivity index is 2.34. The summed E-state index contributed by atoms with van der Waals surface area (Å²) >= 11 is 11.7. The van der Waals surface area contributed by atoms with Crippen LogP contribution < -0.4 is 0 Å². The number of ketones is 1. The molecule has 0 spiro atoms. The number of nitrogens with one attached hydrogen (secondary N) is 1. The van der Waals surface area contributed by atoms with Crippen LogP contribution in [0.4, 0.5) is 0 Å². The summed E-state index contributed by atoms with van der Waals surface area (Å²) in [6, 6.07) is 10.1. The van der Waals surface area contributed by atoms with E-state index in [1.165, 1.54) is 0 Å². The second-order valence-electron chi connectivity index (χ2n) is 3.69. The van der Waals surface area contributed by atoms with E-state index in [-0.39, 0.29) is 12.2 Å². The maximum Gasteiger partial charge on any atom is 0.210 e. The third-order valence-corrected chi connectivity index (χ3v) is 2.98. The van der Waals surface area contributed by atoms with Gasteiger partial charge in [0.1, 0.15) is 5.69 Å². The summed E-state index contributed by atoms with van der Waals surface area (Å²) < 4.78 is 0.